The van der Waals surface area contributed by atoms with Crippen molar-refractivity contribution in [2.24, 2.45) is 0 Å². The van der Waals surface area contributed by atoms with Crippen molar-refractivity contribution < 1.29 is 14.3 Å². The summed E-state index contributed by atoms with van der Waals surface area (Å²) in [5, 5.41) is 5.43. The summed E-state index contributed by atoms with van der Waals surface area (Å²) in [4.78, 5) is 25.6. The Bertz CT molecular complexity index is 700. The van der Waals surface area contributed by atoms with Gasteiger partial charge in [0.2, 0.25) is 5.91 Å². The number of hydrogen-bond acceptors (Lipinski definition) is 4. The number of carbonyl (C=O) groups excluding carboxylic acids is 2. The first-order valence-corrected chi connectivity index (χ1v) is 9.47. The molecule has 2 aromatic rings. The van der Waals surface area contributed by atoms with Gasteiger partial charge in [0, 0.05) is 16.3 Å². The number of amides is 1. The number of hydrogen-bond donors (Lipinski definition) is 1. The van der Waals surface area contributed by atoms with Gasteiger partial charge in [-0.25, -0.2) is 0 Å². The molecule has 1 heterocycles. The Labute approximate surface area is 157 Å². The molecule has 1 amide bonds. The molecule has 0 aliphatic rings. The van der Waals surface area contributed by atoms with Gasteiger partial charge in [-0.3, -0.25) is 9.59 Å². The van der Waals surface area contributed by atoms with Gasteiger partial charge in [0.25, 0.3) is 0 Å². The fourth-order valence-corrected chi connectivity index (χ4v) is 3.41. The third-order valence-electron chi connectivity index (χ3n) is 3.53. The normalized spacial score (nSPS) is 12.0. The molecule has 4 nitrogen and oxygen atoms in total. The van der Waals surface area contributed by atoms with E-state index in [0.717, 1.165) is 4.88 Å². The van der Waals surface area contributed by atoms with E-state index in [1.807, 2.05) is 35.7 Å². The molecule has 0 aliphatic carbocycles. The van der Waals surface area contributed by atoms with E-state index in [-0.39, 0.29) is 24.4 Å². The highest BCUT2D eigenvalue weighted by molar-refractivity contribution is 7.09. The number of ether oxygens (including phenoxy) is 1. The zero-order chi connectivity index (χ0) is 18.2. The lowest BCUT2D eigenvalue weighted by Crippen LogP contribution is -2.31. The minimum Gasteiger partial charge on any atom is -0.463 e. The molecule has 0 saturated heterocycles. The summed E-state index contributed by atoms with van der Waals surface area (Å²) in [6.07, 6.45) is 0.886. The van der Waals surface area contributed by atoms with Crippen LogP contribution in [0.15, 0.2) is 41.8 Å². The van der Waals surface area contributed by atoms with Gasteiger partial charge >= 0.3 is 5.97 Å². The van der Waals surface area contributed by atoms with E-state index < -0.39 is 6.04 Å². The molecular formula is C19H22ClNO3S. The Balaban J connectivity index is 2.04. The number of halogens is 1. The van der Waals surface area contributed by atoms with Gasteiger partial charge in [0.15, 0.2) is 0 Å². The number of carbonyl (C=O) groups is 2. The monoisotopic (exact) mass is 379 g/mol. The maximum atomic E-state index is 12.3. The Hall–Kier alpha value is -1.85. The van der Waals surface area contributed by atoms with Crippen molar-refractivity contribution in [3.63, 3.8) is 0 Å². The molecule has 0 saturated carbocycles. The van der Waals surface area contributed by atoms with Crippen molar-refractivity contribution in [2.75, 3.05) is 0 Å². The van der Waals surface area contributed by atoms with Crippen molar-refractivity contribution in [1.29, 1.82) is 0 Å². The second-order valence-electron chi connectivity index (χ2n) is 5.96. The standard InChI is InChI=1S/C19H22ClNO3S/c1-13(2)24-19(23)12-17(15-7-3-4-8-16(15)20)21-18(22)10-9-14-6-5-11-25-14/h3-8,11,13,17H,9-10,12H2,1-2H3,(H,21,22). The van der Waals surface area contributed by atoms with Crippen LogP contribution in [-0.4, -0.2) is 18.0 Å². The second-order valence-corrected chi connectivity index (χ2v) is 7.40. The van der Waals surface area contributed by atoms with Crippen molar-refractivity contribution in [3.05, 3.63) is 57.2 Å². The summed E-state index contributed by atoms with van der Waals surface area (Å²) in [5.74, 6) is -0.478. The van der Waals surface area contributed by atoms with Crippen LogP contribution < -0.4 is 5.32 Å². The molecule has 0 aliphatic heterocycles. The molecule has 6 heteroatoms. The van der Waals surface area contributed by atoms with Gasteiger partial charge < -0.3 is 10.1 Å². The van der Waals surface area contributed by atoms with Gasteiger partial charge in [0.05, 0.1) is 18.6 Å². The lowest BCUT2D eigenvalue weighted by atomic mass is 10.0. The predicted octanol–water partition coefficient (Wildman–Crippen LogP) is 4.53. The first kappa shape index (κ1) is 19.5. The highest BCUT2D eigenvalue weighted by Gasteiger charge is 2.22. The minimum atomic E-state index is -0.504. The summed E-state index contributed by atoms with van der Waals surface area (Å²) in [6.45, 7) is 3.59. The lowest BCUT2D eigenvalue weighted by molar-refractivity contribution is -0.148. The molecule has 25 heavy (non-hydrogen) atoms. The van der Waals surface area contributed by atoms with Crippen LogP contribution in [-0.2, 0) is 20.7 Å². The van der Waals surface area contributed by atoms with E-state index in [0.29, 0.717) is 23.4 Å². The number of nitrogens with one attached hydrogen (secondary N) is 1. The Morgan fingerprint density at radius 1 is 1.20 bits per heavy atom. The Kier molecular flexibility index (Phi) is 7.47. The molecule has 2 rings (SSSR count). The zero-order valence-corrected chi connectivity index (χ0v) is 15.9. The van der Waals surface area contributed by atoms with Gasteiger partial charge in [0.1, 0.15) is 0 Å². The second kappa shape index (κ2) is 9.59. The molecule has 134 valence electrons. The molecular weight excluding hydrogens is 358 g/mol. The molecule has 0 fully saturated rings. The lowest BCUT2D eigenvalue weighted by Gasteiger charge is -2.20. The summed E-state index contributed by atoms with van der Waals surface area (Å²) in [5.41, 5.74) is 0.717. The van der Waals surface area contributed by atoms with E-state index in [1.165, 1.54) is 0 Å². The van der Waals surface area contributed by atoms with E-state index in [2.05, 4.69) is 5.32 Å². The van der Waals surface area contributed by atoms with E-state index in [4.69, 9.17) is 16.3 Å². The van der Waals surface area contributed by atoms with Crippen molar-refractivity contribution in [3.8, 4) is 0 Å². The summed E-state index contributed by atoms with van der Waals surface area (Å²) < 4.78 is 5.21. The van der Waals surface area contributed by atoms with Crippen LogP contribution in [0.3, 0.4) is 0 Å². The van der Waals surface area contributed by atoms with Crippen molar-refractivity contribution in [2.45, 2.75) is 45.3 Å². The average Bonchev–Trinajstić information content (AvgIpc) is 3.05. The number of aryl methyl sites for hydroxylation is 1. The maximum Gasteiger partial charge on any atom is 0.308 e. The minimum absolute atomic E-state index is 0.0483. The van der Waals surface area contributed by atoms with Crippen LogP contribution in [0.5, 0.6) is 0 Å². The molecule has 1 N–H and O–H groups in total. The predicted molar refractivity (Wildman–Crippen MR) is 101 cm³/mol. The van der Waals surface area contributed by atoms with Gasteiger partial charge in [-0.2, -0.15) is 0 Å². The van der Waals surface area contributed by atoms with Crippen LogP contribution in [0.25, 0.3) is 0 Å². The van der Waals surface area contributed by atoms with Gasteiger partial charge in [-0.1, -0.05) is 35.9 Å². The number of rotatable bonds is 8. The van der Waals surface area contributed by atoms with Crippen LogP contribution >= 0.6 is 22.9 Å². The van der Waals surface area contributed by atoms with Crippen LogP contribution in [0.4, 0.5) is 0 Å². The topological polar surface area (TPSA) is 55.4 Å². The molecule has 1 unspecified atom stereocenters. The van der Waals surface area contributed by atoms with Gasteiger partial charge in [-0.15, -0.1) is 11.3 Å². The molecule has 0 bridgehead atoms. The van der Waals surface area contributed by atoms with Gasteiger partial charge in [-0.05, 0) is 43.3 Å². The fraction of sp³-hybridized carbons (Fsp3) is 0.368. The highest BCUT2D eigenvalue weighted by atomic mass is 35.5. The smallest absolute Gasteiger partial charge is 0.308 e. The largest absolute Gasteiger partial charge is 0.463 e. The maximum absolute atomic E-state index is 12.3. The fourth-order valence-electron chi connectivity index (χ4n) is 2.43. The van der Waals surface area contributed by atoms with E-state index >= 15 is 0 Å². The third-order valence-corrected chi connectivity index (χ3v) is 4.81. The van der Waals surface area contributed by atoms with E-state index in [1.54, 1.807) is 31.3 Å². The Morgan fingerprint density at radius 2 is 1.96 bits per heavy atom. The number of thiophene rings is 1. The number of benzene rings is 1. The molecule has 0 spiro atoms. The van der Waals surface area contributed by atoms with E-state index in [9.17, 15) is 9.59 Å². The van der Waals surface area contributed by atoms with Crippen molar-refractivity contribution in [1.82, 2.24) is 5.32 Å². The summed E-state index contributed by atoms with van der Waals surface area (Å²) in [6, 6.07) is 10.7. The third kappa shape index (κ3) is 6.52. The van der Waals surface area contributed by atoms with Crippen LogP contribution in [0, 0.1) is 0 Å². The Morgan fingerprint density at radius 3 is 2.60 bits per heavy atom. The summed E-state index contributed by atoms with van der Waals surface area (Å²) >= 11 is 7.87. The van der Waals surface area contributed by atoms with Crippen LogP contribution in [0.2, 0.25) is 5.02 Å². The van der Waals surface area contributed by atoms with Crippen LogP contribution in [0.1, 0.15) is 43.2 Å². The molecule has 1 aromatic heterocycles. The zero-order valence-electron chi connectivity index (χ0n) is 14.3. The first-order chi connectivity index (χ1) is 12.0. The SMILES string of the molecule is CC(C)OC(=O)CC(NC(=O)CCc1cccs1)c1ccccc1Cl. The number of esters is 1. The first-order valence-electron chi connectivity index (χ1n) is 8.21. The molecule has 0 radical (unpaired) electrons. The quantitative estimate of drug-likeness (QED) is 0.685. The highest BCUT2D eigenvalue weighted by Crippen LogP contribution is 2.26. The molecule has 1 atom stereocenters. The average molecular weight is 380 g/mol. The summed E-state index contributed by atoms with van der Waals surface area (Å²) in [7, 11) is 0. The van der Waals surface area contributed by atoms with Crippen molar-refractivity contribution >= 4 is 34.8 Å². The molecule has 1 aromatic carbocycles.